The summed E-state index contributed by atoms with van der Waals surface area (Å²) >= 11 is 5.83. The molecule has 4 aromatic rings. The topological polar surface area (TPSA) is 179 Å². The van der Waals surface area contributed by atoms with Gasteiger partial charge in [0.05, 0.1) is 36.8 Å². The first-order valence-corrected chi connectivity index (χ1v) is 16.7. The van der Waals surface area contributed by atoms with Crippen LogP contribution in [-0.2, 0) is 27.5 Å². The number of hydrogen-bond acceptors (Lipinski definition) is 9. The number of aliphatic carboxylic acids is 1. The van der Waals surface area contributed by atoms with Gasteiger partial charge in [-0.2, -0.15) is 0 Å². The van der Waals surface area contributed by atoms with Crippen LogP contribution in [0, 0.1) is 5.82 Å². The van der Waals surface area contributed by atoms with E-state index in [1.54, 1.807) is 36.4 Å². The molecule has 0 bridgehead atoms. The average molecular weight is 711 g/mol. The molecular formula is C35H40ClFN6O7. The summed E-state index contributed by atoms with van der Waals surface area (Å²) in [5.41, 5.74) is 3.01. The molecule has 2 aliphatic heterocycles. The quantitative estimate of drug-likeness (QED) is 0.145. The Balaban J connectivity index is 0.000000892. The van der Waals surface area contributed by atoms with E-state index in [9.17, 15) is 18.8 Å². The van der Waals surface area contributed by atoms with Crippen molar-refractivity contribution >= 4 is 40.4 Å². The molecule has 0 radical (unpaired) electrons. The van der Waals surface area contributed by atoms with E-state index in [-0.39, 0.29) is 12.5 Å². The monoisotopic (exact) mass is 710 g/mol. The van der Waals surface area contributed by atoms with Crippen molar-refractivity contribution in [3.05, 3.63) is 88.1 Å². The zero-order chi connectivity index (χ0) is 35.6. The normalized spacial score (nSPS) is 16.8. The molecule has 2 aromatic heterocycles. The Kier molecular flexibility index (Phi) is 12.7. The van der Waals surface area contributed by atoms with Gasteiger partial charge >= 0.3 is 5.97 Å². The fraction of sp³-hybridized carbons (Fsp3) is 0.400. The number of carboxylic acid groups (broad SMARTS) is 1. The van der Waals surface area contributed by atoms with Gasteiger partial charge in [-0.05, 0) is 75.7 Å². The van der Waals surface area contributed by atoms with E-state index < -0.39 is 42.8 Å². The highest BCUT2D eigenvalue weighted by Crippen LogP contribution is 2.29. The van der Waals surface area contributed by atoms with Crippen molar-refractivity contribution < 1.29 is 38.5 Å². The zero-order valence-electron chi connectivity index (χ0n) is 27.5. The smallest absolute Gasteiger partial charge is 0.328 e. The van der Waals surface area contributed by atoms with Crippen LogP contribution in [0.3, 0.4) is 0 Å². The van der Waals surface area contributed by atoms with E-state index in [4.69, 9.17) is 31.3 Å². The fourth-order valence-corrected chi connectivity index (χ4v) is 5.61. The first-order chi connectivity index (χ1) is 24.1. The van der Waals surface area contributed by atoms with Crippen molar-refractivity contribution in [1.29, 1.82) is 0 Å². The predicted molar refractivity (Wildman–Crippen MR) is 182 cm³/mol. The van der Waals surface area contributed by atoms with Gasteiger partial charge in [0.2, 0.25) is 11.8 Å². The molecule has 1 unspecified atom stereocenters. The minimum atomic E-state index is -1.44. The molecule has 15 heteroatoms. The van der Waals surface area contributed by atoms with E-state index >= 15 is 0 Å². The highest BCUT2D eigenvalue weighted by Gasteiger charge is 2.23. The molecule has 2 saturated heterocycles. The second-order valence-electron chi connectivity index (χ2n) is 12.2. The Morgan fingerprint density at radius 3 is 2.54 bits per heavy atom. The van der Waals surface area contributed by atoms with Gasteiger partial charge in [0.25, 0.3) is 5.91 Å². The number of ether oxygens (including phenoxy) is 2. The van der Waals surface area contributed by atoms with Gasteiger partial charge in [-0.15, -0.1) is 0 Å². The van der Waals surface area contributed by atoms with Gasteiger partial charge in [0.1, 0.15) is 24.3 Å². The van der Waals surface area contributed by atoms with Crippen molar-refractivity contribution in [3.63, 3.8) is 0 Å². The summed E-state index contributed by atoms with van der Waals surface area (Å²) in [5.74, 6) is -1.59. The maximum absolute atomic E-state index is 14.1. The van der Waals surface area contributed by atoms with Crippen LogP contribution in [0.1, 0.15) is 59.5 Å². The SMILES string of the molecule is C[C@@H]1CCO1.O=C(CNC(=O)c1ccc2nc(CN3CCC(c4cccc(OCc5ccc(Cl)cc5F)n4)CC3)[nH]c2c1)NC(CO)C(=O)O. The molecule has 2 aliphatic rings. The zero-order valence-corrected chi connectivity index (χ0v) is 28.3. The van der Waals surface area contributed by atoms with Crippen LogP contribution < -0.4 is 15.4 Å². The highest BCUT2D eigenvalue weighted by molar-refractivity contribution is 6.30. The van der Waals surface area contributed by atoms with Gasteiger partial charge in [-0.3, -0.25) is 14.5 Å². The minimum absolute atomic E-state index is 0.0547. The number of carbonyl (C=O) groups is 3. The van der Waals surface area contributed by atoms with Crippen LogP contribution in [0.2, 0.25) is 5.02 Å². The number of rotatable bonds is 12. The number of piperidine rings is 1. The molecular weight excluding hydrogens is 671 g/mol. The number of hydrogen-bond donors (Lipinski definition) is 5. The number of likely N-dealkylation sites (tertiary alicyclic amines) is 1. The number of carbonyl (C=O) groups excluding carboxylic acids is 2. The third kappa shape index (κ3) is 10.2. The van der Waals surface area contributed by atoms with Crippen molar-refractivity contribution in [2.24, 2.45) is 0 Å². The molecule has 13 nitrogen and oxygen atoms in total. The summed E-state index contributed by atoms with van der Waals surface area (Å²) in [6, 6.07) is 13.6. The molecule has 50 heavy (non-hydrogen) atoms. The van der Waals surface area contributed by atoms with E-state index in [0.29, 0.717) is 45.7 Å². The Morgan fingerprint density at radius 2 is 1.88 bits per heavy atom. The Hall–Kier alpha value is -4.63. The van der Waals surface area contributed by atoms with Crippen LogP contribution in [0.5, 0.6) is 5.88 Å². The number of aromatic nitrogens is 3. The maximum atomic E-state index is 14.1. The molecule has 2 aromatic carbocycles. The summed E-state index contributed by atoms with van der Waals surface area (Å²) in [6.45, 7) is 4.19. The third-order valence-electron chi connectivity index (χ3n) is 8.46. The summed E-state index contributed by atoms with van der Waals surface area (Å²) < 4.78 is 24.8. The van der Waals surface area contributed by atoms with Crippen LogP contribution in [-0.4, -0.2) is 92.8 Å². The fourth-order valence-electron chi connectivity index (χ4n) is 5.45. The second kappa shape index (κ2) is 17.3. The number of imidazole rings is 1. The number of fused-ring (bicyclic) bond motifs is 1. The first kappa shape index (κ1) is 36.6. The van der Waals surface area contributed by atoms with Gasteiger partial charge in [-0.1, -0.05) is 23.7 Å². The number of nitrogens with zero attached hydrogens (tertiary/aromatic N) is 3. The molecule has 2 amide bonds. The van der Waals surface area contributed by atoms with Crippen molar-refractivity contribution in [1.82, 2.24) is 30.5 Å². The number of H-pyrrole nitrogens is 1. The Morgan fingerprint density at radius 1 is 1.12 bits per heavy atom. The summed E-state index contributed by atoms with van der Waals surface area (Å²) in [7, 11) is 0. The maximum Gasteiger partial charge on any atom is 0.328 e. The van der Waals surface area contributed by atoms with Crippen molar-refractivity contribution in [3.8, 4) is 5.88 Å². The number of carboxylic acids is 1. The van der Waals surface area contributed by atoms with E-state index in [1.807, 2.05) is 12.1 Å². The standard InChI is InChI=1S/C31H32ClFN6O6.C4H8O/c32-21-6-4-20(22(33)13-21)17-45-29-3-1-2-23(38-29)18-8-10-39(11-9-18)15-27-35-24-7-5-19(12-25(24)36-27)30(42)34-14-28(41)37-26(16-40)31(43)44;1-4-2-3-5-4/h1-7,12-13,18,26,40H,8-11,14-17H2,(H,34,42)(H,35,36)(H,37,41)(H,43,44);4H,2-3H2,1H3/t;4-/m.1/s1. The number of amides is 2. The van der Waals surface area contributed by atoms with E-state index in [2.05, 4.69) is 37.4 Å². The van der Waals surface area contributed by atoms with Gasteiger partial charge in [-0.25, -0.2) is 19.2 Å². The Bertz CT molecular complexity index is 1790. The molecule has 266 valence electrons. The van der Waals surface area contributed by atoms with Crippen molar-refractivity contribution in [2.45, 2.75) is 57.4 Å². The largest absolute Gasteiger partial charge is 0.480 e. The van der Waals surface area contributed by atoms with E-state index in [1.165, 1.54) is 12.5 Å². The predicted octanol–water partition coefficient (Wildman–Crippen LogP) is 3.80. The highest BCUT2D eigenvalue weighted by atomic mass is 35.5. The summed E-state index contributed by atoms with van der Waals surface area (Å²) in [5, 5.41) is 22.8. The minimum Gasteiger partial charge on any atom is -0.480 e. The number of halogens is 2. The lowest BCUT2D eigenvalue weighted by atomic mass is 9.93. The molecule has 5 N–H and O–H groups in total. The molecule has 4 heterocycles. The van der Waals surface area contributed by atoms with Gasteiger partial charge < -0.3 is 35.3 Å². The Labute approximate surface area is 293 Å². The van der Waals surface area contributed by atoms with Crippen LogP contribution >= 0.6 is 11.6 Å². The third-order valence-corrected chi connectivity index (χ3v) is 8.70. The molecule has 0 saturated carbocycles. The number of aliphatic hydroxyl groups excluding tert-OH is 1. The van der Waals surface area contributed by atoms with Crippen LogP contribution in [0.25, 0.3) is 11.0 Å². The van der Waals surface area contributed by atoms with Crippen LogP contribution in [0.15, 0.2) is 54.6 Å². The lowest BCUT2D eigenvalue weighted by molar-refractivity contribution is -0.142. The number of aliphatic hydroxyl groups is 1. The lowest BCUT2D eigenvalue weighted by Gasteiger charge is -2.31. The van der Waals surface area contributed by atoms with E-state index in [0.717, 1.165) is 44.1 Å². The van der Waals surface area contributed by atoms with Crippen molar-refractivity contribution in [2.75, 3.05) is 32.8 Å². The molecule has 0 spiro atoms. The molecule has 2 atom stereocenters. The number of aromatic amines is 1. The average Bonchev–Trinajstić information content (AvgIpc) is 3.50. The molecule has 0 aliphatic carbocycles. The lowest BCUT2D eigenvalue weighted by Crippen LogP contribution is -2.47. The number of nitrogens with one attached hydrogen (secondary N) is 3. The molecule has 2 fully saturated rings. The number of pyridine rings is 1. The number of benzene rings is 2. The summed E-state index contributed by atoms with van der Waals surface area (Å²) in [6.07, 6.45) is 3.62. The van der Waals surface area contributed by atoms with Crippen LogP contribution in [0.4, 0.5) is 4.39 Å². The second-order valence-corrected chi connectivity index (χ2v) is 12.6. The first-order valence-electron chi connectivity index (χ1n) is 16.4. The van der Waals surface area contributed by atoms with Gasteiger partial charge in [0, 0.05) is 40.4 Å². The van der Waals surface area contributed by atoms with Gasteiger partial charge in [0.15, 0.2) is 0 Å². The molecule has 6 rings (SSSR count). The summed E-state index contributed by atoms with van der Waals surface area (Å²) in [4.78, 5) is 50.3.